The van der Waals surface area contributed by atoms with Crippen LogP contribution in [0.4, 0.5) is 5.69 Å². The molecule has 0 aliphatic carbocycles. The van der Waals surface area contributed by atoms with Crippen LogP contribution in [0.25, 0.3) is 0 Å². The molecule has 2 aromatic rings. The van der Waals surface area contributed by atoms with Gasteiger partial charge < -0.3 is 4.90 Å². The van der Waals surface area contributed by atoms with E-state index in [0.717, 1.165) is 26.6 Å². The quantitative estimate of drug-likeness (QED) is 0.587. The molecule has 0 amide bonds. The lowest BCUT2D eigenvalue weighted by molar-refractivity contribution is 0.737. The molecule has 0 saturated heterocycles. The molecule has 0 radical (unpaired) electrons. The van der Waals surface area contributed by atoms with Gasteiger partial charge in [-0.1, -0.05) is 57.3 Å². The maximum Gasteiger partial charge on any atom is 0.0525 e. The lowest BCUT2D eigenvalue weighted by atomic mass is 10.1. The van der Waals surface area contributed by atoms with Crippen molar-refractivity contribution in [3.63, 3.8) is 0 Å². The Bertz CT molecular complexity index is 601. The number of alkyl halides is 1. The molecule has 0 heterocycles. The molecule has 1 atom stereocenters. The molecule has 0 aliphatic rings. The minimum atomic E-state index is 0.183. The summed E-state index contributed by atoms with van der Waals surface area (Å²) in [6, 6.07) is 14.1. The van der Waals surface area contributed by atoms with Gasteiger partial charge in [0.1, 0.15) is 0 Å². The van der Waals surface area contributed by atoms with Gasteiger partial charge in [-0.3, -0.25) is 0 Å². The van der Waals surface area contributed by atoms with Gasteiger partial charge in [-0.15, -0.1) is 0 Å². The molecule has 20 heavy (non-hydrogen) atoms. The van der Waals surface area contributed by atoms with Gasteiger partial charge in [0.2, 0.25) is 0 Å². The molecule has 2 aromatic carbocycles. The Balaban J connectivity index is 2.36. The molecular formula is C16H16BrCl2N. The summed E-state index contributed by atoms with van der Waals surface area (Å²) in [5.74, 6) is 0. The number of hydrogen-bond acceptors (Lipinski definition) is 1. The zero-order chi connectivity index (χ0) is 14.7. The zero-order valence-corrected chi connectivity index (χ0v) is 14.5. The fraction of sp³-hybridized carbons (Fsp3) is 0.250. The first-order valence-electron chi connectivity index (χ1n) is 6.36. The van der Waals surface area contributed by atoms with Gasteiger partial charge in [-0.25, -0.2) is 0 Å². The van der Waals surface area contributed by atoms with Gasteiger partial charge in [0.15, 0.2) is 0 Å². The lowest BCUT2D eigenvalue weighted by Crippen LogP contribution is -2.22. The number of benzene rings is 2. The van der Waals surface area contributed by atoms with E-state index < -0.39 is 0 Å². The maximum atomic E-state index is 6.29. The van der Waals surface area contributed by atoms with Crippen LogP contribution in [0.3, 0.4) is 0 Å². The predicted octanol–water partition coefficient (Wildman–Crippen LogP) is 6.09. The molecule has 1 unspecified atom stereocenters. The maximum absolute atomic E-state index is 6.29. The first-order valence-corrected chi connectivity index (χ1v) is 8.24. The molecule has 0 N–H and O–H groups in total. The summed E-state index contributed by atoms with van der Waals surface area (Å²) >= 11 is 15.9. The van der Waals surface area contributed by atoms with E-state index in [1.54, 1.807) is 0 Å². The number of rotatable bonds is 4. The topological polar surface area (TPSA) is 3.24 Å². The highest BCUT2D eigenvalue weighted by molar-refractivity contribution is 9.08. The van der Waals surface area contributed by atoms with Crippen LogP contribution in [0.1, 0.15) is 24.1 Å². The molecule has 0 saturated carbocycles. The van der Waals surface area contributed by atoms with Gasteiger partial charge in [0.25, 0.3) is 0 Å². The van der Waals surface area contributed by atoms with E-state index >= 15 is 0 Å². The average Bonchev–Trinajstić information content (AvgIpc) is 2.46. The summed E-state index contributed by atoms with van der Waals surface area (Å²) < 4.78 is 0. The van der Waals surface area contributed by atoms with Gasteiger partial charge in [0, 0.05) is 28.1 Å². The van der Waals surface area contributed by atoms with Crippen molar-refractivity contribution < 1.29 is 0 Å². The second kappa shape index (κ2) is 6.84. The second-order valence-corrected chi connectivity index (χ2v) is 6.12. The monoisotopic (exact) mass is 371 g/mol. The third-order valence-corrected chi connectivity index (χ3v) is 4.69. The first kappa shape index (κ1) is 15.7. The van der Waals surface area contributed by atoms with Crippen molar-refractivity contribution in [3.8, 4) is 0 Å². The molecule has 1 nitrogen and oxygen atoms in total. The summed E-state index contributed by atoms with van der Waals surface area (Å²) in [5.41, 5.74) is 3.43. The molecule has 106 valence electrons. The summed E-state index contributed by atoms with van der Waals surface area (Å²) in [6.45, 7) is 2.15. The van der Waals surface area contributed by atoms with E-state index in [1.807, 2.05) is 36.4 Å². The molecule has 0 bridgehead atoms. The Kier molecular flexibility index (Phi) is 5.36. The van der Waals surface area contributed by atoms with E-state index in [-0.39, 0.29) is 6.04 Å². The van der Waals surface area contributed by atoms with Crippen molar-refractivity contribution in [1.29, 1.82) is 0 Å². The summed E-state index contributed by atoms with van der Waals surface area (Å²) in [7, 11) is 2.07. The highest BCUT2D eigenvalue weighted by Crippen LogP contribution is 2.33. The fourth-order valence-corrected chi connectivity index (χ4v) is 3.17. The van der Waals surface area contributed by atoms with Gasteiger partial charge in [0.05, 0.1) is 6.04 Å². The summed E-state index contributed by atoms with van der Waals surface area (Å²) in [4.78, 5) is 2.22. The summed E-state index contributed by atoms with van der Waals surface area (Å²) in [6.07, 6.45) is 0. The van der Waals surface area contributed by atoms with Crippen molar-refractivity contribution in [2.75, 3.05) is 11.9 Å². The van der Waals surface area contributed by atoms with Gasteiger partial charge in [-0.2, -0.15) is 0 Å². The molecule has 2 rings (SSSR count). The zero-order valence-electron chi connectivity index (χ0n) is 11.4. The van der Waals surface area contributed by atoms with Crippen molar-refractivity contribution in [3.05, 3.63) is 63.6 Å². The highest BCUT2D eigenvalue weighted by Gasteiger charge is 2.17. The number of hydrogen-bond donors (Lipinski definition) is 0. The number of halogens is 3. The molecule has 0 aliphatic heterocycles. The van der Waals surface area contributed by atoms with E-state index in [4.69, 9.17) is 23.2 Å². The first-order chi connectivity index (χ1) is 9.54. The minimum Gasteiger partial charge on any atom is -0.368 e. The Morgan fingerprint density at radius 1 is 1.15 bits per heavy atom. The van der Waals surface area contributed by atoms with E-state index in [2.05, 4.69) is 40.9 Å². The molecule has 0 aromatic heterocycles. The largest absolute Gasteiger partial charge is 0.368 e. The van der Waals surface area contributed by atoms with Crippen molar-refractivity contribution >= 4 is 44.8 Å². The van der Waals surface area contributed by atoms with Crippen LogP contribution in [0.2, 0.25) is 10.0 Å². The highest BCUT2D eigenvalue weighted by atomic mass is 79.9. The Morgan fingerprint density at radius 3 is 2.50 bits per heavy atom. The van der Waals surface area contributed by atoms with Crippen LogP contribution < -0.4 is 4.90 Å². The van der Waals surface area contributed by atoms with Crippen LogP contribution in [-0.2, 0) is 5.33 Å². The predicted molar refractivity (Wildman–Crippen MR) is 92.4 cm³/mol. The Hall–Kier alpha value is -0.700. The minimum absolute atomic E-state index is 0.183. The normalized spacial score (nSPS) is 12.2. The smallest absolute Gasteiger partial charge is 0.0525 e. The van der Waals surface area contributed by atoms with Crippen molar-refractivity contribution in [2.45, 2.75) is 18.3 Å². The van der Waals surface area contributed by atoms with E-state index in [9.17, 15) is 0 Å². The number of nitrogens with zero attached hydrogens (tertiary/aromatic N) is 1. The molecule has 0 fully saturated rings. The lowest BCUT2D eigenvalue weighted by Gasteiger charge is -2.29. The van der Waals surface area contributed by atoms with Gasteiger partial charge >= 0.3 is 0 Å². The van der Waals surface area contributed by atoms with Crippen molar-refractivity contribution in [2.24, 2.45) is 0 Å². The second-order valence-electron chi connectivity index (χ2n) is 4.72. The van der Waals surface area contributed by atoms with Crippen LogP contribution in [0.5, 0.6) is 0 Å². The van der Waals surface area contributed by atoms with Gasteiger partial charge in [-0.05, 0) is 42.3 Å². The standard InChI is InChI=1S/C16H16BrCl2N/c1-11(14-5-3-4-6-15(14)19)20(2)16-8-7-13(18)9-12(16)10-17/h3-9,11H,10H2,1-2H3. The third kappa shape index (κ3) is 3.30. The van der Waals surface area contributed by atoms with Crippen LogP contribution in [0.15, 0.2) is 42.5 Å². The Labute approximate surface area is 138 Å². The number of anilines is 1. The molecule has 0 spiro atoms. The van der Waals surface area contributed by atoms with Crippen molar-refractivity contribution in [1.82, 2.24) is 0 Å². The van der Waals surface area contributed by atoms with E-state index in [0.29, 0.717) is 0 Å². The third-order valence-electron chi connectivity index (χ3n) is 3.50. The van der Waals surface area contributed by atoms with Crippen LogP contribution >= 0.6 is 39.1 Å². The Morgan fingerprint density at radius 2 is 1.85 bits per heavy atom. The van der Waals surface area contributed by atoms with Crippen LogP contribution in [0, 0.1) is 0 Å². The van der Waals surface area contributed by atoms with E-state index in [1.165, 1.54) is 5.56 Å². The molecular weight excluding hydrogens is 357 g/mol. The molecule has 4 heteroatoms. The SMILES string of the molecule is CC(c1ccccc1Cl)N(C)c1ccc(Cl)cc1CBr. The summed E-state index contributed by atoms with van der Waals surface area (Å²) in [5, 5.41) is 2.31. The average molecular weight is 373 g/mol. The fourth-order valence-electron chi connectivity index (χ4n) is 2.24. The van der Waals surface area contributed by atoms with Crippen LogP contribution in [-0.4, -0.2) is 7.05 Å².